The van der Waals surface area contributed by atoms with E-state index in [4.69, 9.17) is 4.74 Å². The Balaban J connectivity index is 2.20. The number of ether oxygens (including phenoxy) is 2. The Bertz CT molecular complexity index is 712. The van der Waals surface area contributed by atoms with Gasteiger partial charge in [-0.05, 0) is 42.0 Å². The molecule has 0 aliphatic carbocycles. The van der Waals surface area contributed by atoms with Crippen LogP contribution in [0, 0.1) is 0 Å². The van der Waals surface area contributed by atoms with Crippen molar-refractivity contribution in [3.8, 4) is 16.2 Å². The second-order valence-electron chi connectivity index (χ2n) is 4.28. The highest BCUT2D eigenvalue weighted by Crippen LogP contribution is 2.29. The fraction of sp³-hybridized carbons (Fsp3) is 0.125. The molecule has 2 rings (SSSR count). The van der Waals surface area contributed by atoms with Crippen LogP contribution in [0.2, 0.25) is 0 Å². The van der Waals surface area contributed by atoms with E-state index in [1.54, 1.807) is 13.2 Å². The van der Waals surface area contributed by atoms with Gasteiger partial charge in [-0.25, -0.2) is 4.79 Å². The van der Waals surface area contributed by atoms with Gasteiger partial charge in [-0.15, -0.1) is 11.3 Å². The molecule has 114 valence electrons. The number of methoxy groups -OCH3 is 2. The molecule has 0 saturated carbocycles. The topological polar surface area (TPSA) is 72.8 Å². The third-order valence-corrected chi connectivity index (χ3v) is 4.03. The minimum Gasteiger partial charge on any atom is -0.502 e. The van der Waals surface area contributed by atoms with E-state index in [-0.39, 0.29) is 0 Å². The van der Waals surface area contributed by atoms with Crippen LogP contribution in [-0.4, -0.2) is 31.1 Å². The predicted octanol–water partition coefficient (Wildman–Crippen LogP) is 3.22. The molecule has 22 heavy (non-hydrogen) atoms. The number of carbonyl (C=O) groups is 2. The summed E-state index contributed by atoms with van der Waals surface area (Å²) < 4.78 is 9.42. The minimum absolute atomic E-state index is 0.418. The molecule has 0 radical (unpaired) electrons. The molecule has 6 heteroatoms. The lowest BCUT2D eigenvalue weighted by Gasteiger charge is -2.00. The number of benzene rings is 1. The SMILES string of the molecule is COC(=O)/C(O)=C/C(=O)c1ccc(-c2ccc(OC)cc2)s1. The Kier molecular flexibility index (Phi) is 4.95. The van der Waals surface area contributed by atoms with Gasteiger partial charge in [0.2, 0.25) is 5.76 Å². The third kappa shape index (κ3) is 3.53. The van der Waals surface area contributed by atoms with Crippen molar-refractivity contribution in [3.05, 3.63) is 53.1 Å². The van der Waals surface area contributed by atoms with Crippen molar-refractivity contribution in [3.63, 3.8) is 0 Å². The molecule has 0 saturated heterocycles. The van der Waals surface area contributed by atoms with Gasteiger partial charge in [0.15, 0.2) is 5.78 Å². The van der Waals surface area contributed by atoms with Crippen molar-refractivity contribution in [2.45, 2.75) is 0 Å². The Morgan fingerprint density at radius 1 is 1.09 bits per heavy atom. The van der Waals surface area contributed by atoms with Crippen LogP contribution in [0.25, 0.3) is 10.4 Å². The smallest absolute Gasteiger partial charge is 0.373 e. The molecule has 1 aromatic carbocycles. The molecule has 1 N–H and O–H groups in total. The maximum atomic E-state index is 12.0. The second-order valence-corrected chi connectivity index (χ2v) is 5.36. The van der Waals surface area contributed by atoms with Gasteiger partial charge >= 0.3 is 5.97 Å². The summed E-state index contributed by atoms with van der Waals surface area (Å²) in [6.45, 7) is 0. The number of hydrogen-bond donors (Lipinski definition) is 1. The van der Waals surface area contributed by atoms with Crippen molar-refractivity contribution >= 4 is 23.1 Å². The largest absolute Gasteiger partial charge is 0.502 e. The van der Waals surface area contributed by atoms with Crippen molar-refractivity contribution in [1.29, 1.82) is 0 Å². The van der Waals surface area contributed by atoms with E-state index in [2.05, 4.69) is 4.74 Å². The van der Waals surface area contributed by atoms with E-state index in [0.29, 0.717) is 4.88 Å². The van der Waals surface area contributed by atoms with Gasteiger partial charge in [0.1, 0.15) is 5.75 Å². The average Bonchev–Trinajstić information content (AvgIpc) is 3.04. The maximum absolute atomic E-state index is 12.0. The van der Waals surface area contributed by atoms with E-state index in [1.807, 2.05) is 30.3 Å². The lowest BCUT2D eigenvalue weighted by molar-refractivity contribution is -0.139. The number of ketones is 1. The first-order valence-electron chi connectivity index (χ1n) is 6.32. The molecule has 2 aromatic rings. The third-order valence-electron chi connectivity index (χ3n) is 2.89. The quantitative estimate of drug-likeness (QED) is 0.396. The predicted molar refractivity (Wildman–Crippen MR) is 83.4 cm³/mol. The van der Waals surface area contributed by atoms with E-state index < -0.39 is 17.5 Å². The zero-order valence-electron chi connectivity index (χ0n) is 12.0. The van der Waals surface area contributed by atoms with Gasteiger partial charge in [-0.2, -0.15) is 0 Å². The summed E-state index contributed by atoms with van der Waals surface area (Å²) in [4.78, 5) is 24.3. The maximum Gasteiger partial charge on any atom is 0.373 e. The fourth-order valence-corrected chi connectivity index (χ4v) is 2.66. The molecule has 5 nitrogen and oxygen atoms in total. The molecule has 0 aliphatic rings. The van der Waals surface area contributed by atoms with Crippen molar-refractivity contribution < 1.29 is 24.2 Å². The van der Waals surface area contributed by atoms with E-state index >= 15 is 0 Å². The van der Waals surface area contributed by atoms with Crippen LogP contribution in [-0.2, 0) is 9.53 Å². The number of esters is 1. The van der Waals surface area contributed by atoms with E-state index in [0.717, 1.165) is 29.4 Å². The van der Waals surface area contributed by atoms with Gasteiger partial charge in [0.05, 0.1) is 19.1 Å². The number of rotatable bonds is 5. The molecular weight excluding hydrogens is 304 g/mol. The van der Waals surface area contributed by atoms with Crippen LogP contribution in [0.5, 0.6) is 5.75 Å². The van der Waals surface area contributed by atoms with Crippen LogP contribution in [0.3, 0.4) is 0 Å². The number of carbonyl (C=O) groups excluding carboxylic acids is 2. The Morgan fingerprint density at radius 2 is 1.77 bits per heavy atom. The first kappa shape index (κ1) is 15.8. The zero-order valence-corrected chi connectivity index (χ0v) is 12.8. The molecule has 0 aliphatic heterocycles. The highest BCUT2D eigenvalue weighted by Gasteiger charge is 2.13. The molecule has 0 spiro atoms. The summed E-state index contributed by atoms with van der Waals surface area (Å²) >= 11 is 1.27. The van der Waals surface area contributed by atoms with Crippen molar-refractivity contribution in [2.75, 3.05) is 14.2 Å². The van der Waals surface area contributed by atoms with E-state index in [1.165, 1.54) is 11.3 Å². The van der Waals surface area contributed by atoms with Crippen molar-refractivity contribution in [1.82, 2.24) is 0 Å². The minimum atomic E-state index is -0.944. The van der Waals surface area contributed by atoms with E-state index in [9.17, 15) is 14.7 Å². The van der Waals surface area contributed by atoms with Gasteiger partial charge < -0.3 is 14.6 Å². The zero-order chi connectivity index (χ0) is 16.1. The number of hydrogen-bond acceptors (Lipinski definition) is 6. The molecule has 1 heterocycles. The van der Waals surface area contributed by atoms with Gasteiger partial charge in [0, 0.05) is 11.0 Å². The molecule has 0 unspecified atom stereocenters. The average molecular weight is 318 g/mol. The summed E-state index contributed by atoms with van der Waals surface area (Å²) in [5, 5.41) is 9.39. The Hall–Kier alpha value is -2.60. The standard InChI is InChI=1S/C16H14O5S/c1-20-11-5-3-10(4-6-11)14-7-8-15(22-14)12(17)9-13(18)16(19)21-2/h3-9,18H,1-2H3/b13-9-. The molecule has 0 atom stereocenters. The molecular formula is C16H14O5S. The first-order valence-corrected chi connectivity index (χ1v) is 7.14. The summed E-state index contributed by atoms with van der Waals surface area (Å²) in [6, 6.07) is 10.9. The summed E-state index contributed by atoms with van der Waals surface area (Å²) in [7, 11) is 2.72. The van der Waals surface area contributed by atoms with Gasteiger partial charge in [0.25, 0.3) is 0 Å². The Labute approximate surface area is 131 Å². The van der Waals surface area contributed by atoms with Crippen LogP contribution in [0.4, 0.5) is 0 Å². The van der Waals surface area contributed by atoms with Gasteiger partial charge in [-0.1, -0.05) is 0 Å². The highest BCUT2D eigenvalue weighted by molar-refractivity contribution is 7.17. The molecule has 0 fully saturated rings. The highest BCUT2D eigenvalue weighted by atomic mass is 32.1. The normalized spacial score (nSPS) is 11.1. The first-order chi connectivity index (χ1) is 10.5. The number of allylic oxidation sites excluding steroid dienone is 1. The lowest BCUT2D eigenvalue weighted by atomic mass is 10.2. The van der Waals surface area contributed by atoms with Gasteiger partial charge in [-0.3, -0.25) is 4.79 Å². The molecule has 1 aromatic heterocycles. The van der Waals surface area contributed by atoms with Crippen LogP contribution in [0.15, 0.2) is 48.2 Å². The monoisotopic (exact) mass is 318 g/mol. The fourth-order valence-electron chi connectivity index (χ4n) is 1.74. The van der Waals surface area contributed by atoms with Crippen LogP contribution in [0.1, 0.15) is 9.67 Å². The van der Waals surface area contributed by atoms with Crippen LogP contribution < -0.4 is 4.74 Å². The summed E-state index contributed by atoms with van der Waals surface area (Å²) in [5.41, 5.74) is 0.950. The Morgan fingerprint density at radius 3 is 2.36 bits per heavy atom. The van der Waals surface area contributed by atoms with Crippen molar-refractivity contribution in [2.24, 2.45) is 0 Å². The number of aliphatic hydroxyl groups excluding tert-OH is 1. The summed E-state index contributed by atoms with van der Waals surface area (Å²) in [5.74, 6) is -1.36. The second kappa shape index (κ2) is 6.91. The number of aliphatic hydroxyl groups is 1. The molecule has 0 amide bonds. The van der Waals surface area contributed by atoms with Crippen LogP contribution >= 0.6 is 11.3 Å². The number of thiophene rings is 1. The molecule has 0 bridgehead atoms. The lowest BCUT2D eigenvalue weighted by Crippen LogP contribution is -2.06. The summed E-state index contributed by atoms with van der Waals surface area (Å²) in [6.07, 6.45) is 0.857.